The van der Waals surface area contributed by atoms with Crippen molar-refractivity contribution in [1.82, 2.24) is 9.99 Å². The Kier molecular flexibility index (Phi) is 9.81. The first-order valence-corrected chi connectivity index (χ1v) is 19.2. The first-order valence-electron chi connectivity index (χ1n) is 18.4. The topological polar surface area (TPSA) is 209 Å². The van der Waals surface area contributed by atoms with Gasteiger partial charge in [-0.25, -0.2) is 9.88 Å². The number of nitrogens with zero attached hydrogens (tertiary/aromatic N) is 6. The van der Waals surface area contributed by atoms with E-state index in [2.05, 4.69) is 10.4 Å². The smallest absolute Gasteiger partial charge is 0.417 e. The third kappa shape index (κ3) is 6.32. The van der Waals surface area contributed by atoms with Crippen LogP contribution in [0.15, 0.2) is 84.6 Å². The minimum absolute atomic E-state index is 0.0807. The van der Waals surface area contributed by atoms with Crippen molar-refractivity contribution in [2.45, 2.75) is 30.4 Å². The van der Waals surface area contributed by atoms with Crippen LogP contribution in [0.25, 0.3) is 0 Å². The number of alkyl halides is 3. The van der Waals surface area contributed by atoms with Crippen molar-refractivity contribution in [3.8, 4) is 5.75 Å². The molecule has 2 N–H and O–H groups in total. The summed E-state index contributed by atoms with van der Waals surface area (Å²) >= 11 is 12.5. The lowest BCUT2D eigenvalue weighted by Crippen LogP contribution is -2.53. The Morgan fingerprint density at radius 3 is 2.08 bits per heavy atom. The van der Waals surface area contributed by atoms with E-state index in [4.69, 9.17) is 23.2 Å². The van der Waals surface area contributed by atoms with E-state index < -0.39 is 108 Å². The van der Waals surface area contributed by atoms with Gasteiger partial charge in [0, 0.05) is 43.4 Å². The quantitative estimate of drug-likeness (QED) is 0.0780. The zero-order valence-electron chi connectivity index (χ0n) is 31.6. The molecule has 0 radical (unpaired) electrons. The molecule has 6 atom stereocenters. The molecule has 4 aliphatic rings. The number of nitrogens with one attached hydrogen (secondary N) is 1. The number of phenolic OH excluding ortho intramolecular Hbond substituents is 1. The van der Waals surface area contributed by atoms with Crippen molar-refractivity contribution in [3.05, 3.63) is 132 Å². The number of phenols is 1. The molecule has 0 bridgehead atoms. The lowest BCUT2D eigenvalue weighted by molar-refractivity contribution is -0.392. The second-order valence-electron chi connectivity index (χ2n) is 15.3. The van der Waals surface area contributed by atoms with Gasteiger partial charge in [0.2, 0.25) is 11.8 Å². The Balaban J connectivity index is 1.29. The zero-order chi connectivity index (χ0) is 44.0. The summed E-state index contributed by atoms with van der Waals surface area (Å²) in [6.45, 7) is 0. The number of hydrazine groups is 1. The molecule has 3 heterocycles. The molecule has 8 rings (SSSR count). The lowest BCUT2D eigenvalue weighted by Gasteiger charge is -2.50. The molecule has 16 nitrogen and oxygen atoms in total. The Morgan fingerprint density at radius 1 is 0.902 bits per heavy atom. The number of hydrogen-bond acceptors (Lipinski definition) is 12. The number of imide groups is 2. The van der Waals surface area contributed by atoms with Gasteiger partial charge in [0.15, 0.2) is 11.5 Å². The fourth-order valence-electron chi connectivity index (χ4n) is 9.53. The fraction of sp³-hybridized carbons (Fsp3) is 0.275. The monoisotopic (exact) mass is 879 g/mol. The summed E-state index contributed by atoms with van der Waals surface area (Å²) in [5, 5.41) is 35.1. The van der Waals surface area contributed by atoms with Crippen molar-refractivity contribution in [3.63, 3.8) is 0 Å². The van der Waals surface area contributed by atoms with Crippen LogP contribution in [0.5, 0.6) is 5.75 Å². The van der Waals surface area contributed by atoms with E-state index in [9.17, 15) is 52.9 Å². The summed E-state index contributed by atoms with van der Waals surface area (Å²) < 4.78 is 40.5. The second-order valence-corrected chi connectivity index (χ2v) is 16.1. The van der Waals surface area contributed by atoms with Crippen LogP contribution in [-0.2, 0) is 30.8 Å². The Morgan fingerprint density at radius 2 is 1.52 bits per heavy atom. The normalized spacial score (nSPS) is 24.6. The van der Waals surface area contributed by atoms with Gasteiger partial charge in [-0.1, -0.05) is 59.1 Å². The molecule has 2 aliphatic carbocycles. The van der Waals surface area contributed by atoms with Crippen LogP contribution in [-0.4, -0.2) is 62.7 Å². The van der Waals surface area contributed by atoms with Crippen molar-refractivity contribution in [1.29, 1.82) is 0 Å². The summed E-state index contributed by atoms with van der Waals surface area (Å²) in [4.78, 5) is 87.5. The molecule has 0 spiro atoms. The number of aromatic nitrogens is 1. The predicted molar refractivity (Wildman–Crippen MR) is 212 cm³/mol. The maximum Gasteiger partial charge on any atom is 0.417 e. The summed E-state index contributed by atoms with van der Waals surface area (Å²) in [6.07, 6.45) is -2.95. The minimum atomic E-state index is -4.81. The SMILES string of the molecule is CN(C)c1c([N+](=O)[O-])cc(N2C(=O)[C@H]3[C@H](CC=C4[C@H]3C[C@H]3C(=O)N(Nc5ncc(C(F)(F)F)cc5Cl)C(=O)[C@@]3(c3ccc(Cl)cc3)[C@H]4c3ccc(O)cc3)C2=O)cc1[N+](=O)[O-]. The molecular weight excluding hydrogens is 850 g/mol. The number of pyridine rings is 1. The maximum absolute atomic E-state index is 15.3. The van der Waals surface area contributed by atoms with Crippen LogP contribution in [0.2, 0.25) is 10.0 Å². The van der Waals surface area contributed by atoms with E-state index in [1.807, 2.05) is 0 Å². The molecule has 0 unspecified atom stereocenters. The second kappa shape index (κ2) is 14.5. The summed E-state index contributed by atoms with van der Waals surface area (Å²) in [5.41, 5.74) is -1.56. The molecule has 3 fully saturated rings. The molecule has 21 heteroatoms. The van der Waals surface area contributed by atoms with Gasteiger partial charge in [-0.3, -0.25) is 44.8 Å². The van der Waals surface area contributed by atoms with Gasteiger partial charge in [0.05, 0.1) is 49.3 Å². The number of carbonyl (C=O) groups excluding carboxylic acids is 4. The Labute approximate surface area is 352 Å². The van der Waals surface area contributed by atoms with Gasteiger partial charge >= 0.3 is 17.6 Å². The number of hydrogen-bond donors (Lipinski definition) is 2. The van der Waals surface area contributed by atoms with Crippen LogP contribution >= 0.6 is 23.2 Å². The van der Waals surface area contributed by atoms with E-state index in [0.29, 0.717) is 38.9 Å². The van der Waals surface area contributed by atoms with Crippen LogP contribution in [0, 0.1) is 43.9 Å². The highest BCUT2D eigenvalue weighted by atomic mass is 35.5. The molecular formula is C40H30Cl2F3N7O9. The van der Waals surface area contributed by atoms with Crippen LogP contribution in [0.4, 0.5) is 41.7 Å². The van der Waals surface area contributed by atoms with Gasteiger partial charge in [-0.05, 0) is 60.2 Å². The fourth-order valence-corrected chi connectivity index (χ4v) is 9.87. The minimum Gasteiger partial charge on any atom is -0.508 e. The highest BCUT2D eigenvalue weighted by molar-refractivity contribution is 6.33. The lowest BCUT2D eigenvalue weighted by atomic mass is 9.49. The molecule has 61 heavy (non-hydrogen) atoms. The standard InChI is InChI=1S/C40H30Cl2F3N7O9/c1-48(2)33-29(51(58)59)14-22(15-30(33)52(60)61)49-35(54)25-12-11-24-26(31(25)37(49)56)16-27-36(55)50(47-34-28(42)13-20(17-46-34)40(43,44)45)38(57)39(27,19-5-7-21(41)8-6-19)32(24)18-3-9-23(53)10-4-18/h3-11,13-15,17,25-27,31-32,53H,12,16H2,1-2H3,(H,46,47)/t25-,26+,27-,31-,32-,39+/m0/s1. The van der Waals surface area contributed by atoms with Crippen molar-refractivity contribution >= 4 is 75.4 Å². The van der Waals surface area contributed by atoms with Crippen molar-refractivity contribution in [2.24, 2.45) is 23.7 Å². The summed E-state index contributed by atoms with van der Waals surface area (Å²) in [6, 6.07) is 14.3. The average Bonchev–Trinajstić information content (AvgIpc) is 3.58. The van der Waals surface area contributed by atoms with E-state index in [1.165, 1.54) is 55.4 Å². The average molecular weight is 881 g/mol. The maximum atomic E-state index is 15.3. The van der Waals surface area contributed by atoms with Gasteiger partial charge in [-0.15, -0.1) is 0 Å². The number of nitro benzene ring substituents is 2. The first kappa shape index (κ1) is 41.1. The van der Waals surface area contributed by atoms with E-state index >= 15 is 4.79 Å². The van der Waals surface area contributed by atoms with Crippen LogP contribution < -0.4 is 15.2 Å². The molecule has 4 amide bonds. The molecule has 2 saturated heterocycles. The number of anilines is 3. The number of rotatable bonds is 8. The number of carbonyl (C=O) groups is 4. The number of amides is 4. The number of benzene rings is 3. The van der Waals surface area contributed by atoms with E-state index in [0.717, 1.165) is 12.1 Å². The summed E-state index contributed by atoms with van der Waals surface area (Å²) in [5.74, 6) is -9.68. The summed E-state index contributed by atoms with van der Waals surface area (Å²) in [7, 11) is 2.72. The highest BCUT2D eigenvalue weighted by Crippen LogP contribution is 2.64. The van der Waals surface area contributed by atoms with Gasteiger partial charge in [0.25, 0.3) is 11.8 Å². The molecule has 314 valence electrons. The number of halogens is 5. The van der Waals surface area contributed by atoms with Gasteiger partial charge < -0.3 is 10.0 Å². The van der Waals surface area contributed by atoms with Crippen molar-refractivity contribution in [2.75, 3.05) is 29.3 Å². The molecule has 1 aromatic heterocycles. The number of aromatic hydroxyl groups is 1. The first-order chi connectivity index (χ1) is 28.8. The van der Waals surface area contributed by atoms with Crippen molar-refractivity contribution < 1.29 is 47.3 Å². The molecule has 2 aliphatic heterocycles. The number of nitro groups is 2. The number of allylic oxidation sites excluding steroid dienone is 2. The Bertz CT molecular complexity index is 2590. The number of fused-ring (bicyclic) bond motifs is 4. The van der Waals surface area contributed by atoms with E-state index in [-0.39, 0.29) is 29.3 Å². The van der Waals surface area contributed by atoms with E-state index in [1.54, 1.807) is 18.2 Å². The van der Waals surface area contributed by atoms with Gasteiger partial charge in [-0.2, -0.15) is 18.2 Å². The zero-order valence-corrected chi connectivity index (χ0v) is 33.1. The third-order valence-corrected chi connectivity index (χ3v) is 12.5. The molecule has 3 aromatic carbocycles. The van der Waals surface area contributed by atoms with Gasteiger partial charge in [0.1, 0.15) is 5.75 Å². The highest BCUT2D eigenvalue weighted by Gasteiger charge is 2.70. The molecule has 4 aromatic rings. The molecule has 1 saturated carbocycles. The predicted octanol–water partition coefficient (Wildman–Crippen LogP) is 7.18. The largest absolute Gasteiger partial charge is 0.508 e. The Hall–Kier alpha value is -6.60. The third-order valence-electron chi connectivity index (χ3n) is 11.9. The van der Waals surface area contributed by atoms with Crippen LogP contribution in [0.1, 0.15) is 35.4 Å². The van der Waals surface area contributed by atoms with Crippen LogP contribution in [0.3, 0.4) is 0 Å².